The fourth-order valence-electron chi connectivity index (χ4n) is 2.33. The molecule has 1 heterocycles. The Morgan fingerprint density at radius 3 is 2.81 bits per heavy atom. The summed E-state index contributed by atoms with van der Waals surface area (Å²) in [4.78, 5) is 14.2. The van der Waals surface area contributed by atoms with Gasteiger partial charge in [0.05, 0.1) is 18.8 Å². The van der Waals surface area contributed by atoms with Gasteiger partial charge in [-0.1, -0.05) is 6.92 Å². The van der Waals surface area contributed by atoms with Crippen molar-refractivity contribution in [3.05, 3.63) is 0 Å². The average molecular weight is 226 g/mol. The molecule has 1 amide bonds. The Balaban J connectivity index is 1.96. The van der Waals surface area contributed by atoms with Gasteiger partial charge in [-0.2, -0.15) is 0 Å². The summed E-state index contributed by atoms with van der Waals surface area (Å²) in [6, 6.07) is 0.191. The van der Waals surface area contributed by atoms with Gasteiger partial charge >= 0.3 is 0 Å². The van der Waals surface area contributed by atoms with Gasteiger partial charge in [0, 0.05) is 19.0 Å². The maximum absolute atomic E-state index is 12.3. The van der Waals surface area contributed by atoms with Crippen molar-refractivity contribution in [2.75, 3.05) is 19.7 Å². The van der Waals surface area contributed by atoms with Gasteiger partial charge in [-0.3, -0.25) is 4.79 Å². The van der Waals surface area contributed by atoms with Crippen LogP contribution in [0.5, 0.6) is 0 Å². The molecule has 1 saturated heterocycles. The normalized spacial score (nSPS) is 32.6. The first-order chi connectivity index (χ1) is 7.63. The van der Waals surface area contributed by atoms with Crippen LogP contribution in [0.25, 0.3) is 0 Å². The van der Waals surface area contributed by atoms with Crippen LogP contribution in [-0.4, -0.2) is 42.6 Å². The zero-order valence-electron chi connectivity index (χ0n) is 10.2. The van der Waals surface area contributed by atoms with E-state index in [4.69, 9.17) is 10.5 Å². The molecule has 0 spiro atoms. The molecule has 3 atom stereocenters. The van der Waals surface area contributed by atoms with Crippen molar-refractivity contribution in [2.24, 2.45) is 17.6 Å². The van der Waals surface area contributed by atoms with Gasteiger partial charge in [0.25, 0.3) is 0 Å². The maximum Gasteiger partial charge on any atom is 0.226 e. The molecule has 1 aliphatic heterocycles. The summed E-state index contributed by atoms with van der Waals surface area (Å²) in [6.45, 7) is 5.87. The Morgan fingerprint density at radius 1 is 1.56 bits per heavy atom. The second-order valence-electron chi connectivity index (χ2n) is 5.16. The van der Waals surface area contributed by atoms with Gasteiger partial charge in [-0.15, -0.1) is 0 Å². The lowest BCUT2D eigenvalue weighted by Gasteiger charge is -2.39. The predicted molar refractivity (Wildman–Crippen MR) is 61.9 cm³/mol. The molecule has 2 aliphatic rings. The third-order valence-electron chi connectivity index (χ3n) is 3.77. The Morgan fingerprint density at radius 2 is 2.25 bits per heavy atom. The van der Waals surface area contributed by atoms with Crippen LogP contribution in [0.3, 0.4) is 0 Å². The van der Waals surface area contributed by atoms with Crippen LogP contribution >= 0.6 is 0 Å². The zero-order chi connectivity index (χ0) is 11.7. The smallest absolute Gasteiger partial charge is 0.226 e. The minimum Gasteiger partial charge on any atom is -0.373 e. The fourth-order valence-corrected chi connectivity index (χ4v) is 2.33. The monoisotopic (exact) mass is 226 g/mol. The molecule has 4 heteroatoms. The van der Waals surface area contributed by atoms with Crippen LogP contribution in [0.1, 0.15) is 26.7 Å². The van der Waals surface area contributed by atoms with E-state index in [0.717, 1.165) is 0 Å². The number of carbonyl (C=O) groups excluding carboxylic acids is 1. The summed E-state index contributed by atoms with van der Waals surface area (Å²) in [5.41, 5.74) is 5.60. The summed E-state index contributed by atoms with van der Waals surface area (Å²) < 4.78 is 5.56. The minimum atomic E-state index is 0.0200. The van der Waals surface area contributed by atoms with Crippen molar-refractivity contribution in [2.45, 2.75) is 38.8 Å². The molecule has 0 aromatic rings. The molecule has 2 fully saturated rings. The van der Waals surface area contributed by atoms with Gasteiger partial charge in [-0.05, 0) is 25.7 Å². The molecule has 2 N–H and O–H groups in total. The van der Waals surface area contributed by atoms with E-state index >= 15 is 0 Å². The number of nitrogens with two attached hydrogens (primary N) is 1. The molecular formula is C12H22N2O2. The molecule has 2 rings (SSSR count). The first-order valence-corrected chi connectivity index (χ1v) is 6.25. The summed E-state index contributed by atoms with van der Waals surface area (Å²) in [6.07, 6.45) is 2.45. The van der Waals surface area contributed by atoms with Crippen molar-refractivity contribution in [1.82, 2.24) is 4.90 Å². The lowest BCUT2D eigenvalue weighted by atomic mass is 10.0. The molecule has 0 bridgehead atoms. The highest BCUT2D eigenvalue weighted by Crippen LogP contribution is 2.37. The highest BCUT2D eigenvalue weighted by Gasteiger charge is 2.38. The summed E-state index contributed by atoms with van der Waals surface area (Å²) in [5.74, 6) is 1.09. The van der Waals surface area contributed by atoms with E-state index in [9.17, 15) is 4.79 Å². The number of morpholine rings is 1. The second kappa shape index (κ2) is 4.72. The topological polar surface area (TPSA) is 55.6 Å². The number of rotatable bonds is 3. The molecule has 0 radical (unpaired) electrons. The Hall–Kier alpha value is -0.610. The average Bonchev–Trinajstić information content (AvgIpc) is 3.12. The van der Waals surface area contributed by atoms with E-state index in [1.165, 1.54) is 12.8 Å². The number of amides is 1. The van der Waals surface area contributed by atoms with Gasteiger partial charge in [0.1, 0.15) is 0 Å². The summed E-state index contributed by atoms with van der Waals surface area (Å²) >= 11 is 0. The van der Waals surface area contributed by atoms with Crippen molar-refractivity contribution >= 4 is 5.91 Å². The van der Waals surface area contributed by atoms with Crippen molar-refractivity contribution in [1.29, 1.82) is 0 Å². The van der Waals surface area contributed by atoms with Gasteiger partial charge in [0.15, 0.2) is 0 Å². The quantitative estimate of drug-likeness (QED) is 0.767. The van der Waals surface area contributed by atoms with Gasteiger partial charge in [-0.25, -0.2) is 0 Å². The highest BCUT2D eigenvalue weighted by atomic mass is 16.5. The Labute approximate surface area is 97.1 Å². The van der Waals surface area contributed by atoms with Crippen LogP contribution in [-0.2, 0) is 9.53 Å². The Bertz CT molecular complexity index is 266. The lowest BCUT2D eigenvalue weighted by Crippen LogP contribution is -2.54. The van der Waals surface area contributed by atoms with E-state index in [1.54, 1.807) is 0 Å². The number of hydrogen-bond donors (Lipinski definition) is 1. The lowest BCUT2D eigenvalue weighted by molar-refractivity contribution is -0.148. The molecule has 16 heavy (non-hydrogen) atoms. The van der Waals surface area contributed by atoms with Crippen LogP contribution in [0.4, 0.5) is 0 Å². The first-order valence-electron chi connectivity index (χ1n) is 6.25. The second-order valence-corrected chi connectivity index (χ2v) is 5.16. The summed E-state index contributed by atoms with van der Waals surface area (Å²) in [7, 11) is 0. The third kappa shape index (κ3) is 2.38. The van der Waals surface area contributed by atoms with Gasteiger partial charge < -0.3 is 15.4 Å². The fraction of sp³-hybridized carbons (Fsp3) is 0.917. The van der Waals surface area contributed by atoms with Crippen molar-refractivity contribution in [3.8, 4) is 0 Å². The number of ether oxygens (including phenoxy) is 1. The molecular weight excluding hydrogens is 204 g/mol. The van der Waals surface area contributed by atoms with Crippen LogP contribution in [0, 0.1) is 11.8 Å². The molecule has 3 unspecified atom stereocenters. The van der Waals surface area contributed by atoms with E-state index in [0.29, 0.717) is 25.6 Å². The van der Waals surface area contributed by atoms with E-state index in [1.807, 2.05) is 11.8 Å². The van der Waals surface area contributed by atoms with E-state index in [-0.39, 0.29) is 24.0 Å². The predicted octanol–water partition coefficient (Wildman–Crippen LogP) is 0.607. The highest BCUT2D eigenvalue weighted by molar-refractivity contribution is 5.79. The van der Waals surface area contributed by atoms with Crippen LogP contribution in [0.2, 0.25) is 0 Å². The standard InChI is InChI=1S/C12H22N2O2/c1-8-7-16-11(5-13)6-14(8)12(15)9(2)10-3-4-10/h8-11H,3-7,13H2,1-2H3. The van der Waals surface area contributed by atoms with Gasteiger partial charge in [0.2, 0.25) is 5.91 Å². The Kier molecular flexibility index (Phi) is 3.50. The van der Waals surface area contributed by atoms with Crippen molar-refractivity contribution in [3.63, 3.8) is 0 Å². The van der Waals surface area contributed by atoms with Crippen molar-refractivity contribution < 1.29 is 9.53 Å². The molecule has 4 nitrogen and oxygen atoms in total. The van der Waals surface area contributed by atoms with Crippen LogP contribution < -0.4 is 5.73 Å². The molecule has 1 saturated carbocycles. The maximum atomic E-state index is 12.3. The number of carbonyl (C=O) groups is 1. The van der Waals surface area contributed by atoms with E-state index < -0.39 is 0 Å². The first kappa shape index (κ1) is 11.9. The molecule has 1 aliphatic carbocycles. The number of nitrogens with zero attached hydrogens (tertiary/aromatic N) is 1. The van der Waals surface area contributed by atoms with E-state index in [2.05, 4.69) is 6.92 Å². The number of hydrogen-bond acceptors (Lipinski definition) is 3. The molecule has 0 aromatic heterocycles. The summed E-state index contributed by atoms with van der Waals surface area (Å²) in [5, 5.41) is 0. The SMILES string of the molecule is CC(C(=O)N1CC(CN)OCC1C)C1CC1. The largest absolute Gasteiger partial charge is 0.373 e. The van der Waals surface area contributed by atoms with Crippen LogP contribution in [0.15, 0.2) is 0 Å². The third-order valence-corrected chi connectivity index (χ3v) is 3.77. The molecule has 92 valence electrons. The zero-order valence-corrected chi connectivity index (χ0v) is 10.2. The minimum absolute atomic E-state index is 0.0200. The molecule has 0 aromatic carbocycles.